The smallest absolute Gasteiger partial charge is 0.265 e. The van der Waals surface area contributed by atoms with Crippen LogP contribution in [-0.2, 0) is 6.54 Å². The van der Waals surface area contributed by atoms with Crippen molar-refractivity contribution in [2.45, 2.75) is 25.9 Å². The van der Waals surface area contributed by atoms with Crippen molar-refractivity contribution in [1.29, 1.82) is 0 Å². The van der Waals surface area contributed by atoms with Gasteiger partial charge < -0.3 is 0 Å². The van der Waals surface area contributed by atoms with Crippen LogP contribution >= 0.6 is 0 Å². The Kier molecular flexibility index (Phi) is 5.46. The summed E-state index contributed by atoms with van der Waals surface area (Å²) in [6.45, 7) is 2.12. The third kappa shape index (κ3) is 3.83. The molecule has 2 aromatic carbocycles. The summed E-state index contributed by atoms with van der Waals surface area (Å²) in [4.78, 5) is 34.7. The van der Waals surface area contributed by atoms with E-state index in [0.717, 1.165) is 5.56 Å². The van der Waals surface area contributed by atoms with E-state index in [0.29, 0.717) is 24.2 Å². The Bertz CT molecular complexity index is 1220. The lowest BCUT2D eigenvalue weighted by atomic mass is 9.98. The molecule has 0 aliphatic carbocycles. The molecule has 0 fully saturated rings. The number of benzene rings is 2. The van der Waals surface area contributed by atoms with E-state index in [4.69, 9.17) is 0 Å². The fourth-order valence-corrected chi connectivity index (χ4v) is 3.55. The molecule has 11 nitrogen and oxygen atoms in total. The molecule has 0 saturated heterocycles. The largest absolute Gasteiger partial charge is 0.320 e. The fraction of sp³-hybridized carbons (Fsp3) is 0.190. The number of carbonyl (C=O) groups excluding carboxylic acids is 1. The van der Waals surface area contributed by atoms with Crippen LogP contribution in [0, 0.1) is 20.2 Å². The van der Waals surface area contributed by atoms with Gasteiger partial charge >= 0.3 is 11.6 Å². The number of rotatable bonds is 6. The average Bonchev–Trinajstić information content (AvgIpc) is 3.44. The SMILES string of the molecule is CCn1cc([N+](=O)[O-])c(C(=O)N2N=C(c3ccccc3)C[C@@H]2c2ccc([N+](=O)[O-])cc2)n1. The number of carbonyl (C=O) groups is 1. The molecule has 1 aliphatic rings. The van der Waals surface area contributed by atoms with Crippen LogP contribution < -0.4 is 0 Å². The maximum atomic E-state index is 13.4. The molecule has 0 saturated carbocycles. The summed E-state index contributed by atoms with van der Waals surface area (Å²) < 4.78 is 1.32. The molecule has 0 bridgehead atoms. The highest BCUT2D eigenvalue weighted by Gasteiger charge is 2.38. The number of nitro benzene ring substituents is 1. The molecule has 11 heteroatoms. The van der Waals surface area contributed by atoms with Gasteiger partial charge in [0.2, 0.25) is 5.69 Å². The Morgan fingerprint density at radius 1 is 1.06 bits per heavy atom. The van der Waals surface area contributed by atoms with Crippen molar-refractivity contribution in [1.82, 2.24) is 14.8 Å². The van der Waals surface area contributed by atoms with Gasteiger partial charge in [-0.15, -0.1) is 0 Å². The summed E-state index contributed by atoms with van der Waals surface area (Å²) in [5, 5.41) is 32.2. The van der Waals surface area contributed by atoms with E-state index in [9.17, 15) is 25.0 Å². The Balaban J connectivity index is 1.76. The van der Waals surface area contributed by atoms with Gasteiger partial charge in [0.1, 0.15) is 6.20 Å². The van der Waals surface area contributed by atoms with E-state index in [1.54, 1.807) is 19.1 Å². The van der Waals surface area contributed by atoms with Gasteiger partial charge in [0.05, 0.1) is 21.6 Å². The Morgan fingerprint density at radius 3 is 2.34 bits per heavy atom. The number of nitrogens with zero attached hydrogens (tertiary/aromatic N) is 6. The topological polar surface area (TPSA) is 137 Å². The summed E-state index contributed by atoms with van der Waals surface area (Å²) in [7, 11) is 0. The second-order valence-electron chi connectivity index (χ2n) is 7.11. The Hall–Kier alpha value is -4.41. The zero-order valence-corrected chi connectivity index (χ0v) is 17.0. The number of non-ortho nitro benzene ring substituents is 1. The summed E-state index contributed by atoms with van der Waals surface area (Å²) >= 11 is 0. The third-order valence-corrected chi connectivity index (χ3v) is 5.18. The van der Waals surface area contributed by atoms with E-state index < -0.39 is 27.5 Å². The van der Waals surface area contributed by atoms with Crippen molar-refractivity contribution >= 4 is 23.0 Å². The van der Waals surface area contributed by atoms with Crippen molar-refractivity contribution in [2.75, 3.05) is 0 Å². The van der Waals surface area contributed by atoms with E-state index in [2.05, 4.69) is 10.2 Å². The molecule has 1 amide bonds. The fourth-order valence-electron chi connectivity index (χ4n) is 3.55. The van der Waals surface area contributed by atoms with Crippen LogP contribution in [0.5, 0.6) is 0 Å². The third-order valence-electron chi connectivity index (χ3n) is 5.18. The highest BCUT2D eigenvalue weighted by molar-refractivity contribution is 6.05. The standard InChI is InChI=1S/C21H18N6O5/c1-2-24-13-19(27(31)32)20(23-24)21(28)25-18(15-8-10-16(11-9-15)26(29)30)12-17(22-25)14-6-4-3-5-7-14/h3-11,13,18H,2,12H2,1H3/t18-/m1/s1. The second-order valence-corrected chi connectivity index (χ2v) is 7.11. The maximum Gasteiger partial charge on any atom is 0.320 e. The first-order valence-electron chi connectivity index (χ1n) is 9.81. The molecule has 4 rings (SSSR count). The number of nitro groups is 2. The monoisotopic (exact) mass is 434 g/mol. The number of hydrogen-bond acceptors (Lipinski definition) is 7. The maximum absolute atomic E-state index is 13.4. The van der Waals surface area contributed by atoms with Crippen molar-refractivity contribution in [3.8, 4) is 0 Å². The number of hydrogen-bond donors (Lipinski definition) is 0. The van der Waals surface area contributed by atoms with Crippen molar-refractivity contribution in [3.63, 3.8) is 0 Å². The minimum Gasteiger partial charge on any atom is -0.265 e. The van der Waals surface area contributed by atoms with Gasteiger partial charge in [0.15, 0.2) is 0 Å². The van der Waals surface area contributed by atoms with Crippen LogP contribution in [0.1, 0.15) is 41.0 Å². The molecule has 32 heavy (non-hydrogen) atoms. The second kappa shape index (κ2) is 8.38. The van der Waals surface area contributed by atoms with Crippen LogP contribution in [-0.4, -0.2) is 36.3 Å². The van der Waals surface area contributed by atoms with Crippen LogP contribution in [0.15, 0.2) is 65.9 Å². The van der Waals surface area contributed by atoms with Gasteiger partial charge in [0.25, 0.3) is 5.69 Å². The molecular weight excluding hydrogens is 416 g/mol. The quantitative estimate of drug-likeness (QED) is 0.428. The first-order valence-corrected chi connectivity index (χ1v) is 9.81. The molecule has 0 N–H and O–H groups in total. The summed E-state index contributed by atoms with van der Waals surface area (Å²) in [5.74, 6) is -0.710. The van der Waals surface area contributed by atoms with Crippen LogP contribution in [0.3, 0.4) is 0 Å². The first-order chi connectivity index (χ1) is 15.4. The number of aryl methyl sites for hydroxylation is 1. The summed E-state index contributed by atoms with van der Waals surface area (Å²) in [6.07, 6.45) is 1.56. The molecule has 1 aromatic heterocycles. The minimum absolute atomic E-state index is 0.0776. The summed E-state index contributed by atoms with van der Waals surface area (Å²) in [5.41, 5.74) is 1.27. The van der Waals surface area contributed by atoms with E-state index in [-0.39, 0.29) is 11.4 Å². The number of amides is 1. The van der Waals surface area contributed by atoms with E-state index in [1.165, 1.54) is 28.0 Å². The average molecular weight is 434 g/mol. The molecule has 0 radical (unpaired) electrons. The lowest BCUT2D eigenvalue weighted by Crippen LogP contribution is -2.28. The van der Waals surface area contributed by atoms with E-state index >= 15 is 0 Å². The Morgan fingerprint density at radius 2 is 1.75 bits per heavy atom. The molecule has 162 valence electrons. The first kappa shape index (κ1) is 20.8. The molecule has 2 heterocycles. The van der Waals surface area contributed by atoms with Crippen molar-refractivity contribution < 1.29 is 14.6 Å². The lowest BCUT2D eigenvalue weighted by Gasteiger charge is -2.21. The van der Waals surface area contributed by atoms with Crippen LogP contribution in [0.4, 0.5) is 11.4 Å². The molecule has 0 spiro atoms. The zero-order chi connectivity index (χ0) is 22.8. The molecular formula is C21H18N6O5. The number of hydrazone groups is 1. The van der Waals surface area contributed by atoms with E-state index in [1.807, 2.05) is 30.3 Å². The number of aromatic nitrogens is 2. The predicted octanol–water partition coefficient (Wildman–Crippen LogP) is 3.71. The minimum atomic E-state index is -0.710. The molecule has 1 atom stereocenters. The predicted molar refractivity (Wildman–Crippen MR) is 114 cm³/mol. The highest BCUT2D eigenvalue weighted by Crippen LogP contribution is 2.35. The molecule has 1 aliphatic heterocycles. The van der Waals surface area contributed by atoms with Gasteiger partial charge in [0, 0.05) is 25.1 Å². The normalized spacial score (nSPS) is 15.5. The Labute approximate surface area is 181 Å². The molecule has 3 aromatic rings. The van der Waals surface area contributed by atoms with Gasteiger partial charge in [-0.1, -0.05) is 42.5 Å². The van der Waals surface area contributed by atoms with Crippen molar-refractivity contribution in [3.05, 3.63) is 97.8 Å². The van der Waals surface area contributed by atoms with Gasteiger partial charge in [-0.2, -0.15) is 10.2 Å². The molecule has 0 unspecified atom stereocenters. The van der Waals surface area contributed by atoms with Gasteiger partial charge in [-0.3, -0.25) is 29.7 Å². The van der Waals surface area contributed by atoms with Gasteiger partial charge in [-0.05, 0) is 18.1 Å². The highest BCUT2D eigenvalue weighted by atomic mass is 16.6. The van der Waals surface area contributed by atoms with Gasteiger partial charge in [-0.25, -0.2) is 5.01 Å². The lowest BCUT2D eigenvalue weighted by molar-refractivity contribution is -0.385. The van der Waals surface area contributed by atoms with Crippen LogP contribution in [0.25, 0.3) is 0 Å². The van der Waals surface area contributed by atoms with Crippen molar-refractivity contribution in [2.24, 2.45) is 5.10 Å². The van der Waals surface area contributed by atoms with Crippen LogP contribution in [0.2, 0.25) is 0 Å². The summed E-state index contributed by atoms with van der Waals surface area (Å²) in [6, 6.07) is 14.5. The zero-order valence-electron chi connectivity index (χ0n) is 17.0.